The number of hydrogen-bond donors (Lipinski definition) is 2. The van der Waals surface area contributed by atoms with Crippen molar-refractivity contribution in [3.8, 4) is 11.5 Å². The normalized spacial score (nSPS) is 10.9. The monoisotopic (exact) mass is 431 g/mol. The molecule has 2 aromatic heterocycles. The Labute approximate surface area is 186 Å². The summed E-state index contributed by atoms with van der Waals surface area (Å²) in [4.78, 5) is 15.3. The highest BCUT2D eigenvalue weighted by Crippen LogP contribution is 2.28. The van der Waals surface area contributed by atoms with Crippen LogP contribution in [0.5, 0.6) is 11.5 Å². The molecule has 0 aliphatic rings. The highest BCUT2D eigenvalue weighted by Gasteiger charge is 2.11. The van der Waals surface area contributed by atoms with Gasteiger partial charge in [-0.25, -0.2) is 4.79 Å². The van der Waals surface area contributed by atoms with Crippen molar-refractivity contribution >= 4 is 16.9 Å². The van der Waals surface area contributed by atoms with Crippen molar-refractivity contribution in [3.05, 3.63) is 89.4 Å². The van der Waals surface area contributed by atoms with Crippen molar-refractivity contribution in [2.24, 2.45) is 5.73 Å². The van der Waals surface area contributed by atoms with E-state index in [2.05, 4.69) is 15.7 Å². The van der Waals surface area contributed by atoms with E-state index in [0.717, 1.165) is 45.6 Å². The van der Waals surface area contributed by atoms with Gasteiger partial charge in [-0.15, -0.1) is 0 Å². The fourth-order valence-corrected chi connectivity index (χ4v) is 3.67. The number of benzene rings is 2. The molecular formula is C25H25N3O4. The van der Waals surface area contributed by atoms with Crippen LogP contribution in [0.2, 0.25) is 0 Å². The van der Waals surface area contributed by atoms with Gasteiger partial charge < -0.3 is 24.9 Å². The number of pyridine rings is 1. The second kappa shape index (κ2) is 9.53. The van der Waals surface area contributed by atoms with Gasteiger partial charge in [-0.3, -0.25) is 4.98 Å². The number of ether oxygens (including phenoxy) is 2. The summed E-state index contributed by atoms with van der Waals surface area (Å²) < 4.78 is 13.4. The number of methoxy groups -OCH3 is 1. The smallest absolute Gasteiger partial charge is 0.337 e. The Morgan fingerprint density at radius 3 is 2.72 bits per heavy atom. The maximum absolute atomic E-state index is 11.1. The number of aromatic carboxylic acids is 1. The Morgan fingerprint density at radius 1 is 1.12 bits per heavy atom. The van der Waals surface area contributed by atoms with Crippen LogP contribution >= 0.6 is 0 Å². The van der Waals surface area contributed by atoms with Crippen molar-refractivity contribution < 1.29 is 19.4 Å². The van der Waals surface area contributed by atoms with Crippen molar-refractivity contribution in [3.63, 3.8) is 0 Å². The number of hydrogen-bond acceptors (Lipinski definition) is 5. The fraction of sp³-hybridized carbons (Fsp3) is 0.200. The van der Waals surface area contributed by atoms with Crippen LogP contribution in [0.1, 0.15) is 27.2 Å². The first kappa shape index (κ1) is 21.4. The topological polar surface area (TPSA) is 99.6 Å². The van der Waals surface area contributed by atoms with E-state index < -0.39 is 5.97 Å². The number of aromatic nitrogens is 2. The van der Waals surface area contributed by atoms with Gasteiger partial charge in [0.25, 0.3) is 0 Å². The molecule has 4 aromatic rings. The van der Waals surface area contributed by atoms with Crippen LogP contribution in [-0.2, 0) is 19.6 Å². The first-order chi connectivity index (χ1) is 15.6. The summed E-state index contributed by atoms with van der Waals surface area (Å²) in [5.41, 5.74) is 10.0. The molecule has 2 heterocycles. The molecule has 0 atom stereocenters. The number of carbonyl (C=O) groups is 1. The third kappa shape index (κ3) is 4.73. The lowest BCUT2D eigenvalue weighted by atomic mass is 10.1. The summed E-state index contributed by atoms with van der Waals surface area (Å²) in [5.74, 6) is 0.594. The zero-order valence-corrected chi connectivity index (χ0v) is 17.8. The quantitative estimate of drug-likeness (QED) is 0.417. The third-order valence-corrected chi connectivity index (χ3v) is 5.29. The van der Waals surface area contributed by atoms with Gasteiger partial charge >= 0.3 is 5.97 Å². The van der Waals surface area contributed by atoms with Crippen molar-refractivity contribution in [2.45, 2.75) is 19.6 Å². The van der Waals surface area contributed by atoms with Crippen LogP contribution in [0, 0.1) is 0 Å². The molecule has 4 rings (SSSR count). The zero-order valence-electron chi connectivity index (χ0n) is 17.8. The maximum atomic E-state index is 11.1. The van der Waals surface area contributed by atoms with Gasteiger partial charge in [0.2, 0.25) is 0 Å². The zero-order chi connectivity index (χ0) is 22.5. The van der Waals surface area contributed by atoms with Gasteiger partial charge in [0.15, 0.2) is 0 Å². The number of nitrogens with two attached hydrogens (primary N) is 1. The predicted molar refractivity (Wildman–Crippen MR) is 122 cm³/mol. The molecule has 0 saturated heterocycles. The minimum absolute atomic E-state index is 0.174. The molecule has 0 unspecified atom stereocenters. The van der Waals surface area contributed by atoms with E-state index in [1.54, 1.807) is 19.2 Å². The third-order valence-electron chi connectivity index (χ3n) is 5.29. The highest BCUT2D eigenvalue weighted by atomic mass is 16.5. The number of nitrogens with zero attached hydrogens (tertiary/aromatic N) is 2. The van der Waals surface area contributed by atoms with E-state index >= 15 is 0 Å². The van der Waals surface area contributed by atoms with Crippen LogP contribution < -0.4 is 15.2 Å². The Bertz CT molecular complexity index is 1230. The predicted octanol–water partition coefficient (Wildman–Crippen LogP) is 3.87. The first-order valence-corrected chi connectivity index (χ1v) is 10.3. The molecule has 0 saturated carbocycles. The van der Waals surface area contributed by atoms with Gasteiger partial charge in [-0.05, 0) is 66.6 Å². The molecular weight excluding hydrogens is 406 g/mol. The number of carboxylic acid groups (broad SMARTS) is 1. The minimum atomic E-state index is -0.984. The number of fused-ring (bicyclic) bond motifs is 1. The molecule has 3 N–H and O–H groups in total. The van der Waals surface area contributed by atoms with Crippen molar-refractivity contribution in [1.29, 1.82) is 0 Å². The van der Waals surface area contributed by atoms with Gasteiger partial charge in [-0.1, -0.05) is 12.1 Å². The maximum Gasteiger partial charge on any atom is 0.337 e. The highest BCUT2D eigenvalue weighted by molar-refractivity contribution is 5.87. The first-order valence-electron chi connectivity index (χ1n) is 10.3. The van der Waals surface area contributed by atoms with Crippen molar-refractivity contribution in [1.82, 2.24) is 9.55 Å². The van der Waals surface area contributed by atoms with Crippen LogP contribution in [0.15, 0.2) is 67.0 Å². The van der Waals surface area contributed by atoms with E-state index in [-0.39, 0.29) is 5.56 Å². The van der Waals surface area contributed by atoms with E-state index in [1.165, 1.54) is 6.20 Å². The molecule has 7 heteroatoms. The lowest BCUT2D eigenvalue weighted by Crippen LogP contribution is -2.04. The van der Waals surface area contributed by atoms with Crippen LogP contribution in [-0.4, -0.2) is 34.3 Å². The molecule has 164 valence electrons. The largest absolute Gasteiger partial charge is 0.497 e. The summed E-state index contributed by atoms with van der Waals surface area (Å²) in [6.07, 6.45) is 4.21. The Hall–Kier alpha value is -3.84. The average Bonchev–Trinajstić information content (AvgIpc) is 3.15. The second-order valence-corrected chi connectivity index (χ2v) is 7.48. The van der Waals surface area contributed by atoms with E-state index in [1.807, 2.05) is 42.5 Å². The number of carboxylic acids is 1. The number of rotatable bonds is 9. The molecule has 0 spiro atoms. The average molecular weight is 431 g/mol. The van der Waals surface area contributed by atoms with Gasteiger partial charge in [0, 0.05) is 23.3 Å². The molecule has 0 radical (unpaired) electrons. The Balaban J connectivity index is 1.57. The molecule has 2 aromatic carbocycles. The SMILES string of the molecule is COc1cccc(COc2ccc3c(c2)c(CCN)cn3Cc2ccc(C(=O)O)cn2)c1. The standard InChI is InChI=1S/C25H25N3O4/c1-31-21-4-2-3-17(11-21)16-32-22-7-8-24-23(12-22)19(9-10-26)14-28(24)15-20-6-5-18(13-27-20)25(29)30/h2-8,11-14H,9-10,15-16,26H2,1H3,(H,29,30). The van der Waals surface area contributed by atoms with Gasteiger partial charge in [0.1, 0.15) is 18.1 Å². The van der Waals surface area contributed by atoms with Crippen LogP contribution in [0.4, 0.5) is 0 Å². The molecule has 0 amide bonds. The van der Waals surface area contributed by atoms with Crippen LogP contribution in [0.25, 0.3) is 10.9 Å². The summed E-state index contributed by atoms with van der Waals surface area (Å²) in [6, 6.07) is 17.1. The lowest BCUT2D eigenvalue weighted by molar-refractivity contribution is 0.0696. The molecule has 0 fully saturated rings. The summed E-state index contributed by atoms with van der Waals surface area (Å²) in [5, 5.41) is 10.1. The Morgan fingerprint density at radius 2 is 2.00 bits per heavy atom. The van der Waals surface area contributed by atoms with Gasteiger partial charge in [0.05, 0.1) is 24.9 Å². The van der Waals surface area contributed by atoms with E-state index in [4.69, 9.17) is 20.3 Å². The molecule has 0 aliphatic carbocycles. The molecule has 32 heavy (non-hydrogen) atoms. The lowest BCUT2D eigenvalue weighted by Gasteiger charge is -2.09. The molecule has 0 aliphatic heterocycles. The molecule has 0 bridgehead atoms. The Kier molecular flexibility index (Phi) is 6.37. The van der Waals surface area contributed by atoms with E-state index in [0.29, 0.717) is 19.7 Å². The summed E-state index contributed by atoms with van der Waals surface area (Å²) >= 11 is 0. The minimum Gasteiger partial charge on any atom is -0.497 e. The second-order valence-electron chi connectivity index (χ2n) is 7.48. The van der Waals surface area contributed by atoms with Crippen LogP contribution in [0.3, 0.4) is 0 Å². The van der Waals surface area contributed by atoms with Gasteiger partial charge in [-0.2, -0.15) is 0 Å². The summed E-state index contributed by atoms with van der Waals surface area (Å²) in [7, 11) is 1.65. The molecule has 7 nitrogen and oxygen atoms in total. The van der Waals surface area contributed by atoms with E-state index in [9.17, 15) is 4.79 Å². The summed E-state index contributed by atoms with van der Waals surface area (Å²) in [6.45, 7) is 1.51. The fourth-order valence-electron chi connectivity index (χ4n) is 3.67. The van der Waals surface area contributed by atoms with Crippen molar-refractivity contribution in [2.75, 3.05) is 13.7 Å².